The molecule has 1 aromatic heterocycles. The summed E-state index contributed by atoms with van der Waals surface area (Å²) in [7, 11) is 0. The van der Waals surface area contributed by atoms with Gasteiger partial charge < -0.3 is 9.64 Å². The van der Waals surface area contributed by atoms with Gasteiger partial charge in [0.1, 0.15) is 0 Å². The highest BCUT2D eigenvalue weighted by molar-refractivity contribution is 5.80. The molecule has 1 saturated heterocycles. The number of fused-ring (bicyclic) bond motifs is 1. The lowest BCUT2D eigenvalue weighted by Gasteiger charge is -2.31. The molecule has 0 N–H and O–H groups in total. The minimum absolute atomic E-state index is 0.0452. The maximum absolute atomic E-state index is 12.5. The maximum Gasteiger partial charge on any atom is 0.261 e. The minimum Gasteiger partial charge on any atom is -0.375 e. The van der Waals surface area contributed by atoms with Crippen LogP contribution in [0.1, 0.15) is 25.3 Å². The summed E-state index contributed by atoms with van der Waals surface area (Å²) in [6.45, 7) is 6.32. The smallest absolute Gasteiger partial charge is 0.261 e. The Kier molecular flexibility index (Phi) is 4.94. The lowest BCUT2D eigenvalue weighted by atomic mass is 10.1. The SMILES string of the molecule is Cc1cccc2c(=O)n(CCCC(=O)N3CCO[C@H](C)C3)cnc12. The molecule has 1 fully saturated rings. The topological polar surface area (TPSA) is 64.4 Å². The lowest BCUT2D eigenvalue weighted by Crippen LogP contribution is -2.44. The van der Waals surface area contributed by atoms with Crippen LogP contribution < -0.4 is 5.56 Å². The van der Waals surface area contributed by atoms with Gasteiger partial charge in [0.15, 0.2) is 0 Å². The monoisotopic (exact) mass is 329 g/mol. The summed E-state index contributed by atoms with van der Waals surface area (Å²) in [5.41, 5.74) is 1.70. The molecular formula is C18H23N3O3. The molecule has 1 aliphatic heterocycles. The molecule has 1 amide bonds. The standard InChI is InChI=1S/C18H23N3O3/c1-13-5-3-6-15-17(13)19-12-21(18(15)23)8-4-7-16(22)20-9-10-24-14(2)11-20/h3,5-6,12,14H,4,7-11H2,1-2H3/t14-/m1/s1. The van der Waals surface area contributed by atoms with E-state index in [1.54, 1.807) is 17.0 Å². The van der Waals surface area contributed by atoms with Crippen molar-refractivity contribution in [3.8, 4) is 0 Å². The highest BCUT2D eigenvalue weighted by Crippen LogP contribution is 2.12. The van der Waals surface area contributed by atoms with E-state index in [0.717, 1.165) is 11.1 Å². The molecule has 1 aliphatic rings. The second-order valence-electron chi connectivity index (χ2n) is 6.34. The third kappa shape index (κ3) is 3.48. The fourth-order valence-corrected chi connectivity index (χ4v) is 3.10. The van der Waals surface area contributed by atoms with Gasteiger partial charge in [0.05, 0.1) is 29.9 Å². The van der Waals surface area contributed by atoms with Crippen LogP contribution >= 0.6 is 0 Å². The summed E-state index contributed by atoms with van der Waals surface area (Å²) in [6.07, 6.45) is 2.74. The van der Waals surface area contributed by atoms with Crippen LogP contribution in [0.4, 0.5) is 0 Å². The first-order valence-electron chi connectivity index (χ1n) is 8.40. The van der Waals surface area contributed by atoms with Crippen molar-refractivity contribution in [2.75, 3.05) is 19.7 Å². The van der Waals surface area contributed by atoms with Crippen molar-refractivity contribution in [3.05, 3.63) is 40.4 Å². The Morgan fingerprint density at radius 1 is 1.42 bits per heavy atom. The summed E-state index contributed by atoms with van der Waals surface area (Å²) < 4.78 is 7.04. The molecule has 128 valence electrons. The molecule has 0 unspecified atom stereocenters. The van der Waals surface area contributed by atoms with Crippen molar-refractivity contribution >= 4 is 16.8 Å². The number of amides is 1. The molecular weight excluding hydrogens is 306 g/mol. The van der Waals surface area contributed by atoms with Crippen LogP contribution in [0.5, 0.6) is 0 Å². The third-order valence-corrected chi connectivity index (χ3v) is 4.44. The van der Waals surface area contributed by atoms with Crippen molar-refractivity contribution in [2.24, 2.45) is 0 Å². The van der Waals surface area contributed by atoms with Gasteiger partial charge in [0.25, 0.3) is 5.56 Å². The number of hydrogen-bond donors (Lipinski definition) is 0. The molecule has 0 saturated carbocycles. The molecule has 6 nitrogen and oxygen atoms in total. The van der Waals surface area contributed by atoms with E-state index < -0.39 is 0 Å². The van der Waals surface area contributed by atoms with Crippen LogP contribution in [0.3, 0.4) is 0 Å². The third-order valence-electron chi connectivity index (χ3n) is 4.44. The molecule has 2 heterocycles. The van der Waals surface area contributed by atoms with Gasteiger partial charge in [-0.15, -0.1) is 0 Å². The van der Waals surface area contributed by atoms with Gasteiger partial charge in [0, 0.05) is 26.1 Å². The molecule has 0 aliphatic carbocycles. The minimum atomic E-state index is -0.0452. The fraction of sp³-hybridized carbons (Fsp3) is 0.500. The Hall–Kier alpha value is -2.21. The van der Waals surface area contributed by atoms with E-state index in [1.807, 2.05) is 30.9 Å². The lowest BCUT2D eigenvalue weighted by molar-refractivity contribution is -0.138. The van der Waals surface area contributed by atoms with Gasteiger partial charge >= 0.3 is 0 Å². The zero-order chi connectivity index (χ0) is 17.1. The van der Waals surface area contributed by atoms with Gasteiger partial charge in [-0.2, -0.15) is 0 Å². The van der Waals surface area contributed by atoms with Crippen LogP contribution in [-0.4, -0.2) is 46.2 Å². The van der Waals surface area contributed by atoms with Crippen molar-refractivity contribution in [1.82, 2.24) is 14.5 Å². The Morgan fingerprint density at radius 3 is 3.04 bits per heavy atom. The summed E-state index contributed by atoms with van der Waals surface area (Å²) in [6, 6.07) is 5.61. The van der Waals surface area contributed by atoms with Gasteiger partial charge in [-0.25, -0.2) is 4.98 Å². The highest BCUT2D eigenvalue weighted by Gasteiger charge is 2.20. The number of carbonyl (C=O) groups is 1. The van der Waals surface area contributed by atoms with Crippen LogP contribution in [0.2, 0.25) is 0 Å². The molecule has 0 spiro atoms. The van der Waals surface area contributed by atoms with E-state index >= 15 is 0 Å². The Bertz CT molecular complexity index is 800. The zero-order valence-electron chi connectivity index (χ0n) is 14.2. The molecule has 6 heteroatoms. The number of ether oxygens (including phenoxy) is 1. The van der Waals surface area contributed by atoms with Gasteiger partial charge in [0.2, 0.25) is 5.91 Å². The number of nitrogens with zero attached hydrogens (tertiary/aromatic N) is 3. The number of benzene rings is 1. The van der Waals surface area contributed by atoms with E-state index in [0.29, 0.717) is 44.5 Å². The predicted molar refractivity (Wildman–Crippen MR) is 92.0 cm³/mol. The average molecular weight is 329 g/mol. The second-order valence-corrected chi connectivity index (χ2v) is 6.34. The summed E-state index contributed by atoms with van der Waals surface area (Å²) in [5.74, 6) is 0.128. The van der Waals surface area contributed by atoms with Gasteiger partial charge in [-0.1, -0.05) is 12.1 Å². The summed E-state index contributed by atoms with van der Waals surface area (Å²) in [5, 5.41) is 0.630. The van der Waals surface area contributed by atoms with Gasteiger partial charge in [-0.05, 0) is 31.9 Å². The van der Waals surface area contributed by atoms with Gasteiger partial charge in [-0.3, -0.25) is 14.2 Å². The zero-order valence-corrected chi connectivity index (χ0v) is 14.2. The maximum atomic E-state index is 12.5. The van der Waals surface area contributed by atoms with E-state index in [1.165, 1.54) is 0 Å². The van der Waals surface area contributed by atoms with Crippen molar-refractivity contribution < 1.29 is 9.53 Å². The molecule has 2 aromatic rings. The van der Waals surface area contributed by atoms with E-state index in [4.69, 9.17) is 4.74 Å². The fourth-order valence-electron chi connectivity index (χ4n) is 3.10. The molecule has 3 rings (SSSR count). The first-order chi connectivity index (χ1) is 11.6. The Morgan fingerprint density at radius 2 is 2.25 bits per heavy atom. The van der Waals surface area contributed by atoms with Crippen molar-refractivity contribution in [1.29, 1.82) is 0 Å². The quantitative estimate of drug-likeness (QED) is 0.857. The Labute approximate surface area is 141 Å². The van der Waals surface area contributed by atoms with Crippen LogP contribution in [0.25, 0.3) is 10.9 Å². The van der Waals surface area contributed by atoms with Crippen LogP contribution in [0.15, 0.2) is 29.3 Å². The number of morpholine rings is 1. The molecule has 24 heavy (non-hydrogen) atoms. The van der Waals surface area contributed by atoms with Crippen molar-refractivity contribution in [2.45, 2.75) is 39.3 Å². The number of aromatic nitrogens is 2. The molecule has 0 radical (unpaired) electrons. The molecule has 1 aromatic carbocycles. The summed E-state index contributed by atoms with van der Waals surface area (Å²) in [4.78, 5) is 31.0. The van der Waals surface area contributed by atoms with E-state index in [-0.39, 0.29) is 17.6 Å². The number of rotatable bonds is 4. The Balaban J connectivity index is 1.63. The number of aryl methyl sites for hydroxylation is 2. The second kappa shape index (κ2) is 7.13. The highest BCUT2D eigenvalue weighted by atomic mass is 16.5. The normalized spacial score (nSPS) is 18.1. The van der Waals surface area contributed by atoms with Crippen LogP contribution in [0, 0.1) is 6.92 Å². The van der Waals surface area contributed by atoms with Crippen molar-refractivity contribution in [3.63, 3.8) is 0 Å². The first kappa shape index (κ1) is 16.6. The average Bonchev–Trinajstić information content (AvgIpc) is 2.57. The van der Waals surface area contributed by atoms with Crippen LogP contribution in [-0.2, 0) is 16.1 Å². The number of para-hydroxylation sites is 1. The predicted octanol–water partition coefficient (Wildman–Crippen LogP) is 1.73. The van der Waals surface area contributed by atoms with E-state index in [2.05, 4.69) is 4.98 Å². The first-order valence-corrected chi connectivity index (χ1v) is 8.40. The van der Waals surface area contributed by atoms with E-state index in [9.17, 15) is 9.59 Å². The number of carbonyl (C=O) groups excluding carboxylic acids is 1. The molecule has 0 bridgehead atoms. The number of hydrogen-bond acceptors (Lipinski definition) is 4. The summed E-state index contributed by atoms with van der Waals surface area (Å²) >= 11 is 0. The molecule has 1 atom stereocenters. The largest absolute Gasteiger partial charge is 0.375 e.